The second kappa shape index (κ2) is 7.91. The van der Waals surface area contributed by atoms with E-state index in [9.17, 15) is 4.79 Å². The van der Waals surface area contributed by atoms with E-state index in [0.29, 0.717) is 12.5 Å². The maximum absolute atomic E-state index is 10.6. The number of hydrogen-bond acceptors (Lipinski definition) is 4. The van der Waals surface area contributed by atoms with E-state index in [4.69, 9.17) is 9.47 Å². The van der Waals surface area contributed by atoms with Gasteiger partial charge < -0.3 is 14.8 Å². The number of nitrogens with one attached hydrogen (secondary N) is 1. The maximum Gasteiger partial charge on any atom is 0.304 e. The summed E-state index contributed by atoms with van der Waals surface area (Å²) in [5, 5.41) is 3.31. The summed E-state index contributed by atoms with van der Waals surface area (Å²) in [5.41, 5.74) is 0. The molecule has 0 amide bonds. The van der Waals surface area contributed by atoms with E-state index in [-0.39, 0.29) is 18.4 Å². The highest BCUT2D eigenvalue weighted by atomic mass is 35.5. The fourth-order valence-corrected chi connectivity index (χ4v) is 1.61. The molecule has 1 N–H and O–H groups in total. The Bertz CT molecular complexity index is 184. The molecule has 1 rings (SSSR count). The number of rotatable bonds is 4. The molecule has 0 aromatic heterocycles. The van der Waals surface area contributed by atoms with Gasteiger partial charge >= 0.3 is 5.97 Å². The Kier molecular flexibility index (Phi) is 7.74. The van der Waals surface area contributed by atoms with Gasteiger partial charge in [0.15, 0.2) is 6.29 Å². The van der Waals surface area contributed by atoms with Crippen molar-refractivity contribution in [3.63, 3.8) is 0 Å². The van der Waals surface area contributed by atoms with Crippen LogP contribution in [-0.2, 0) is 14.3 Å². The van der Waals surface area contributed by atoms with Gasteiger partial charge in [0, 0.05) is 13.5 Å². The van der Waals surface area contributed by atoms with E-state index in [1.807, 2.05) is 0 Å². The smallest absolute Gasteiger partial charge is 0.304 e. The van der Waals surface area contributed by atoms with Crippen LogP contribution in [0.15, 0.2) is 0 Å². The van der Waals surface area contributed by atoms with E-state index in [1.165, 1.54) is 19.8 Å². The number of ether oxygens (including phenoxy) is 2. The van der Waals surface area contributed by atoms with Gasteiger partial charge in [0.2, 0.25) is 0 Å². The lowest BCUT2D eigenvalue weighted by Crippen LogP contribution is -2.33. The predicted molar refractivity (Wildman–Crippen MR) is 60.0 cm³/mol. The fraction of sp³-hybridized carbons (Fsp3) is 0.900. The van der Waals surface area contributed by atoms with Crippen molar-refractivity contribution in [3.8, 4) is 0 Å². The van der Waals surface area contributed by atoms with Crippen molar-refractivity contribution >= 4 is 18.4 Å². The van der Waals surface area contributed by atoms with Gasteiger partial charge in [0.25, 0.3) is 0 Å². The van der Waals surface area contributed by atoms with E-state index in [0.717, 1.165) is 13.1 Å². The number of carbonyl (C=O) groups is 1. The molecule has 0 aromatic rings. The normalized spacial score (nSPS) is 22.7. The Labute approximate surface area is 97.1 Å². The number of hydrogen-bond donors (Lipinski definition) is 1. The standard InChI is InChI=1S/C10H19NO3.ClH/c1-8(12)14-9(2)13-7-10-4-3-5-11-6-10;/h9-11H,3-7H2,1-2H3;1H. The molecular formula is C10H20ClNO3. The lowest BCUT2D eigenvalue weighted by atomic mass is 10.0. The van der Waals surface area contributed by atoms with Crippen LogP contribution in [0.2, 0.25) is 0 Å². The van der Waals surface area contributed by atoms with E-state index >= 15 is 0 Å². The topological polar surface area (TPSA) is 47.6 Å². The van der Waals surface area contributed by atoms with Crippen molar-refractivity contribution in [2.75, 3.05) is 19.7 Å². The highest BCUT2D eigenvalue weighted by Crippen LogP contribution is 2.11. The summed E-state index contributed by atoms with van der Waals surface area (Å²) in [5.74, 6) is 0.265. The third-order valence-corrected chi connectivity index (χ3v) is 2.30. The molecule has 5 heteroatoms. The molecule has 1 saturated heterocycles. The molecule has 1 heterocycles. The van der Waals surface area contributed by atoms with Crippen molar-refractivity contribution in [1.82, 2.24) is 5.32 Å². The van der Waals surface area contributed by atoms with Crippen molar-refractivity contribution in [2.45, 2.75) is 33.0 Å². The second-order valence-corrected chi connectivity index (χ2v) is 3.72. The minimum absolute atomic E-state index is 0. The van der Waals surface area contributed by atoms with Crippen LogP contribution in [0, 0.1) is 5.92 Å². The van der Waals surface area contributed by atoms with Crippen LogP contribution in [0.1, 0.15) is 26.7 Å². The summed E-state index contributed by atoms with van der Waals surface area (Å²) in [6.45, 7) is 5.92. The van der Waals surface area contributed by atoms with Crippen molar-refractivity contribution in [2.24, 2.45) is 5.92 Å². The first-order valence-electron chi connectivity index (χ1n) is 5.18. The largest absolute Gasteiger partial charge is 0.436 e. The van der Waals surface area contributed by atoms with Gasteiger partial charge in [-0.25, -0.2) is 0 Å². The summed E-state index contributed by atoms with van der Waals surface area (Å²) in [6, 6.07) is 0. The molecule has 1 aliphatic heterocycles. The Hall–Kier alpha value is -0.320. The summed E-state index contributed by atoms with van der Waals surface area (Å²) < 4.78 is 10.3. The molecule has 0 aliphatic carbocycles. The molecule has 0 bridgehead atoms. The van der Waals surface area contributed by atoms with Crippen LogP contribution in [0.25, 0.3) is 0 Å². The number of esters is 1. The Morgan fingerprint density at radius 3 is 2.87 bits per heavy atom. The molecule has 1 fully saturated rings. The molecule has 4 nitrogen and oxygen atoms in total. The molecule has 2 atom stereocenters. The number of carbonyl (C=O) groups excluding carboxylic acids is 1. The molecule has 0 saturated carbocycles. The predicted octanol–water partition coefficient (Wildman–Crippen LogP) is 1.33. The zero-order valence-corrected chi connectivity index (χ0v) is 10.1. The van der Waals surface area contributed by atoms with Crippen molar-refractivity contribution in [3.05, 3.63) is 0 Å². The number of halogens is 1. The van der Waals surface area contributed by atoms with Crippen molar-refractivity contribution in [1.29, 1.82) is 0 Å². The number of piperidine rings is 1. The lowest BCUT2D eigenvalue weighted by molar-refractivity contribution is -0.174. The van der Waals surface area contributed by atoms with Crippen LogP contribution in [0.4, 0.5) is 0 Å². The highest BCUT2D eigenvalue weighted by Gasteiger charge is 2.15. The molecule has 2 unspecified atom stereocenters. The average molecular weight is 238 g/mol. The quantitative estimate of drug-likeness (QED) is 0.592. The van der Waals surface area contributed by atoms with E-state index < -0.39 is 6.29 Å². The van der Waals surface area contributed by atoms with Gasteiger partial charge in [0.1, 0.15) is 0 Å². The monoisotopic (exact) mass is 237 g/mol. The van der Waals surface area contributed by atoms with E-state index in [2.05, 4.69) is 5.32 Å². The van der Waals surface area contributed by atoms with E-state index in [1.54, 1.807) is 6.92 Å². The zero-order chi connectivity index (χ0) is 10.4. The fourth-order valence-electron chi connectivity index (χ4n) is 1.61. The Balaban J connectivity index is 0.00000196. The molecule has 0 aromatic carbocycles. The molecule has 15 heavy (non-hydrogen) atoms. The van der Waals surface area contributed by atoms with Crippen LogP contribution >= 0.6 is 12.4 Å². The second-order valence-electron chi connectivity index (χ2n) is 3.72. The van der Waals surface area contributed by atoms with Gasteiger partial charge in [0.05, 0.1) is 6.61 Å². The van der Waals surface area contributed by atoms with Gasteiger partial charge in [-0.1, -0.05) is 0 Å². The van der Waals surface area contributed by atoms with Crippen LogP contribution in [0.3, 0.4) is 0 Å². The van der Waals surface area contributed by atoms with Crippen molar-refractivity contribution < 1.29 is 14.3 Å². The summed E-state index contributed by atoms with van der Waals surface area (Å²) in [6.07, 6.45) is 1.98. The molecule has 1 aliphatic rings. The molecule has 0 radical (unpaired) electrons. The summed E-state index contributed by atoms with van der Waals surface area (Å²) >= 11 is 0. The maximum atomic E-state index is 10.6. The molecule has 0 spiro atoms. The lowest BCUT2D eigenvalue weighted by Gasteiger charge is -2.24. The van der Waals surface area contributed by atoms with Gasteiger partial charge in [-0.3, -0.25) is 4.79 Å². The minimum Gasteiger partial charge on any atom is -0.436 e. The van der Waals surface area contributed by atoms with Gasteiger partial charge in [-0.15, -0.1) is 12.4 Å². The van der Waals surface area contributed by atoms with Crippen LogP contribution < -0.4 is 5.32 Å². The molecular weight excluding hydrogens is 218 g/mol. The first kappa shape index (κ1) is 14.7. The first-order chi connectivity index (χ1) is 6.68. The zero-order valence-electron chi connectivity index (χ0n) is 9.32. The third kappa shape index (κ3) is 6.71. The highest BCUT2D eigenvalue weighted by molar-refractivity contribution is 5.85. The minimum atomic E-state index is -0.422. The van der Waals surface area contributed by atoms with Crippen LogP contribution in [0.5, 0.6) is 0 Å². The van der Waals surface area contributed by atoms with Gasteiger partial charge in [-0.05, 0) is 32.2 Å². The third-order valence-electron chi connectivity index (χ3n) is 2.30. The molecule has 90 valence electrons. The summed E-state index contributed by atoms with van der Waals surface area (Å²) in [4.78, 5) is 10.6. The Morgan fingerprint density at radius 2 is 2.33 bits per heavy atom. The first-order valence-corrected chi connectivity index (χ1v) is 5.18. The van der Waals surface area contributed by atoms with Gasteiger partial charge in [-0.2, -0.15) is 0 Å². The summed E-state index contributed by atoms with van der Waals surface area (Å²) in [7, 11) is 0. The SMILES string of the molecule is CC(=O)OC(C)OCC1CCCNC1.Cl. The Morgan fingerprint density at radius 1 is 1.60 bits per heavy atom. The average Bonchev–Trinajstić information content (AvgIpc) is 2.15. The van der Waals surface area contributed by atoms with Crippen LogP contribution in [-0.4, -0.2) is 32.0 Å².